The first-order valence-electron chi connectivity index (χ1n) is 5.74. The van der Waals surface area contributed by atoms with Gasteiger partial charge in [0.2, 0.25) is 0 Å². The molecule has 0 atom stereocenters. The zero-order valence-electron chi connectivity index (χ0n) is 10.3. The molecule has 0 aliphatic heterocycles. The summed E-state index contributed by atoms with van der Waals surface area (Å²) in [6, 6.07) is 14.1. The van der Waals surface area contributed by atoms with Crippen LogP contribution in [-0.4, -0.2) is 9.85 Å². The molecule has 2 aromatic carbocycles. The standard InChI is InChI=1S/C14H10N2O4/c17-15(18)13-8-6-12(7-9-13)14(16(19)20)10-11-4-2-1-3-5-11/h1-10H/b14-10+. The molecule has 0 aliphatic carbocycles. The van der Waals surface area contributed by atoms with Gasteiger partial charge >= 0.3 is 0 Å². The quantitative estimate of drug-likeness (QED) is 0.484. The average Bonchev–Trinajstić information content (AvgIpc) is 2.45. The summed E-state index contributed by atoms with van der Waals surface area (Å²) in [4.78, 5) is 20.6. The number of nitro benzene ring substituents is 1. The van der Waals surface area contributed by atoms with Crippen molar-refractivity contribution in [3.05, 3.63) is 86.0 Å². The molecule has 2 aromatic rings. The maximum Gasteiger partial charge on any atom is 0.277 e. The summed E-state index contributed by atoms with van der Waals surface area (Å²) in [5.41, 5.74) is 0.810. The van der Waals surface area contributed by atoms with E-state index < -0.39 is 9.85 Å². The molecule has 100 valence electrons. The van der Waals surface area contributed by atoms with Gasteiger partial charge in [-0.25, -0.2) is 0 Å². The Balaban J connectivity index is 2.41. The highest BCUT2D eigenvalue weighted by Crippen LogP contribution is 2.21. The van der Waals surface area contributed by atoms with Crippen LogP contribution in [0.5, 0.6) is 0 Å². The number of hydrogen-bond donors (Lipinski definition) is 0. The third kappa shape index (κ3) is 3.05. The molecule has 0 aliphatic rings. The molecule has 0 saturated heterocycles. The SMILES string of the molecule is O=[N+]([O-])/C(=C/c1ccccc1)c1ccc([N+](=O)[O-])cc1. The number of rotatable bonds is 4. The minimum Gasteiger partial charge on any atom is -0.258 e. The predicted octanol–water partition coefficient (Wildman–Crippen LogP) is 3.37. The van der Waals surface area contributed by atoms with Gasteiger partial charge in [-0.1, -0.05) is 30.3 Å². The van der Waals surface area contributed by atoms with Crippen LogP contribution in [0.15, 0.2) is 54.6 Å². The third-order valence-corrected chi connectivity index (χ3v) is 2.67. The molecule has 0 saturated carbocycles. The van der Waals surface area contributed by atoms with E-state index in [2.05, 4.69) is 0 Å². The molecule has 0 aromatic heterocycles. The van der Waals surface area contributed by atoms with E-state index >= 15 is 0 Å². The molecule has 0 heterocycles. The third-order valence-electron chi connectivity index (χ3n) is 2.67. The molecule has 20 heavy (non-hydrogen) atoms. The molecule has 6 heteroatoms. The summed E-state index contributed by atoms with van der Waals surface area (Å²) in [5, 5.41) is 21.7. The van der Waals surface area contributed by atoms with Crippen molar-refractivity contribution >= 4 is 17.5 Å². The van der Waals surface area contributed by atoms with Crippen molar-refractivity contribution in [2.75, 3.05) is 0 Å². The first kappa shape index (κ1) is 13.4. The first-order chi connectivity index (χ1) is 9.58. The highest BCUT2D eigenvalue weighted by atomic mass is 16.6. The minimum atomic E-state index is -0.545. The Morgan fingerprint density at radius 2 is 1.50 bits per heavy atom. The van der Waals surface area contributed by atoms with Crippen molar-refractivity contribution in [2.24, 2.45) is 0 Å². The smallest absolute Gasteiger partial charge is 0.258 e. The lowest BCUT2D eigenvalue weighted by atomic mass is 10.1. The van der Waals surface area contributed by atoms with E-state index in [-0.39, 0.29) is 11.4 Å². The second-order valence-corrected chi connectivity index (χ2v) is 4.00. The fraction of sp³-hybridized carbons (Fsp3) is 0. The highest BCUT2D eigenvalue weighted by molar-refractivity contribution is 5.76. The van der Waals surface area contributed by atoms with Crippen molar-refractivity contribution in [2.45, 2.75) is 0 Å². The molecule has 0 radical (unpaired) electrons. The Morgan fingerprint density at radius 1 is 0.900 bits per heavy atom. The van der Waals surface area contributed by atoms with Crippen LogP contribution in [0.2, 0.25) is 0 Å². The molecule has 0 N–H and O–H groups in total. The van der Waals surface area contributed by atoms with Gasteiger partial charge in [0.05, 0.1) is 15.4 Å². The van der Waals surface area contributed by atoms with E-state index in [1.165, 1.54) is 30.3 Å². The molecule has 6 nitrogen and oxygen atoms in total. The number of nitro groups is 2. The lowest BCUT2D eigenvalue weighted by molar-refractivity contribution is -0.385. The van der Waals surface area contributed by atoms with Gasteiger partial charge in [0.1, 0.15) is 0 Å². The Kier molecular flexibility index (Phi) is 3.85. The Bertz CT molecular complexity index is 663. The molecule has 0 unspecified atom stereocenters. The fourth-order valence-electron chi connectivity index (χ4n) is 1.70. The van der Waals surface area contributed by atoms with Crippen LogP contribution < -0.4 is 0 Å². The second-order valence-electron chi connectivity index (χ2n) is 4.00. The number of non-ortho nitro benzene ring substituents is 1. The zero-order chi connectivity index (χ0) is 14.5. The van der Waals surface area contributed by atoms with Crippen LogP contribution in [0.4, 0.5) is 5.69 Å². The van der Waals surface area contributed by atoms with E-state index in [0.29, 0.717) is 11.1 Å². The molecule has 0 spiro atoms. The summed E-state index contributed by atoms with van der Waals surface area (Å²) >= 11 is 0. The largest absolute Gasteiger partial charge is 0.277 e. The van der Waals surface area contributed by atoms with E-state index in [4.69, 9.17) is 0 Å². The van der Waals surface area contributed by atoms with Crippen molar-refractivity contribution in [3.8, 4) is 0 Å². The van der Waals surface area contributed by atoms with Crippen molar-refractivity contribution < 1.29 is 9.85 Å². The van der Waals surface area contributed by atoms with Crippen molar-refractivity contribution in [1.82, 2.24) is 0 Å². The topological polar surface area (TPSA) is 86.3 Å². The average molecular weight is 270 g/mol. The molecular formula is C14H10N2O4. The minimum absolute atomic E-state index is 0.101. The summed E-state index contributed by atoms with van der Waals surface area (Å²) < 4.78 is 0. The summed E-state index contributed by atoms with van der Waals surface area (Å²) in [6.07, 6.45) is 1.43. The normalized spacial score (nSPS) is 11.1. The van der Waals surface area contributed by atoms with Gasteiger partial charge in [0.15, 0.2) is 0 Å². The summed E-state index contributed by atoms with van der Waals surface area (Å²) in [6.45, 7) is 0. The maximum absolute atomic E-state index is 11.1. The van der Waals surface area contributed by atoms with E-state index in [1.54, 1.807) is 24.3 Å². The Morgan fingerprint density at radius 3 is 2.00 bits per heavy atom. The van der Waals surface area contributed by atoms with Gasteiger partial charge in [-0.2, -0.15) is 0 Å². The van der Waals surface area contributed by atoms with Crippen molar-refractivity contribution in [1.29, 1.82) is 0 Å². The zero-order valence-corrected chi connectivity index (χ0v) is 10.3. The van der Waals surface area contributed by atoms with Gasteiger partial charge in [-0.15, -0.1) is 0 Å². The van der Waals surface area contributed by atoms with Gasteiger partial charge in [0, 0.05) is 18.2 Å². The number of benzene rings is 2. The van der Waals surface area contributed by atoms with Crippen LogP contribution >= 0.6 is 0 Å². The molecule has 0 fully saturated rings. The molecule has 2 rings (SSSR count). The fourth-order valence-corrected chi connectivity index (χ4v) is 1.70. The first-order valence-corrected chi connectivity index (χ1v) is 5.74. The van der Waals surface area contributed by atoms with Crippen LogP contribution in [0, 0.1) is 20.2 Å². The summed E-state index contributed by atoms with van der Waals surface area (Å²) in [5.74, 6) is 0. The Labute approximate surface area is 114 Å². The van der Waals surface area contributed by atoms with Crippen LogP contribution in [0.1, 0.15) is 11.1 Å². The monoisotopic (exact) mass is 270 g/mol. The molecule has 0 bridgehead atoms. The lowest BCUT2D eigenvalue weighted by Gasteiger charge is -1.99. The number of nitrogens with zero attached hydrogens (tertiary/aromatic N) is 2. The van der Waals surface area contributed by atoms with E-state index in [0.717, 1.165) is 0 Å². The van der Waals surface area contributed by atoms with Gasteiger partial charge < -0.3 is 0 Å². The highest BCUT2D eigenvalue weighted by Gasteiger charge is 2.15. The number of hydrogen-bond acceptors (Lipinski definition) is 4. The van der Waals surface area contributed by atoms with E-state index in [9.17, 15) is 20.2 Å². The molecular weight excluding hydrogens is 260 g/mol. The van der Waals surface area contributed by atoms with Crippen molar-refractivity contribution in [3.63, 3.8) is 0 Å². The second kappa shape index (κ2) is 5.75. The maximum atomic E-state index is 11.1. The molecule has 0 amide bonds. The van der Waals surface area contributed by atoms with E-state index in [1.807, 2.05) is 6.07 Å². The van der Waals surface area contributed by atoms with Crippen LogP contribution in [0.3, 0.4) is 0 Å². The van der Waals surface area contributed by atoms with Crippen LogP contribution in [-0.2, 0) is 0 Å². The van der Waals surface area contributed by atoms with Gasteiger partial charge in [-0.05, 0) is 17.7 Å². The Hall–Kier alpha value is -3.02. The lowest BCUT2D eigenvalue weighted by Crippen LogP contribution is -1.98. The summed E-state index contributed by atoms with van der Waals surface area (Å²) in [7, 11) is 0. The van der Waals surface area contributed by atoms with Gasteiger partial charge in [0.25, 0.3) is 11.4 Å². The van der Waals surface area contributed by atoms with Crippen LogP contribution in [0.25, 0.3) is 11.8 Å². The van der Waals surface area contributed by atoms with Gasteiger partial charge in [-0.3, -0.25) is 20.2 Å². The predicted molar refractivity (Wildman–Crippen MR) is 74.4 cm³/mol.